The van der Waals surface area contributed by atoms with E-state index in [9.17, 15) is 14.4 Å². The highest BCUT2D eigenvalue weighted by molar-refractivity contribution is 5.97. The molecule has 0 aromatic rings. The van der Waals surface area contributed by atoms with E-state index in [-0.39, 0.29) is 35.8 Å². The van der Waals surface area contributed by atoms with Crippen molar-refractivity contribution in [2.75, 3.05) is 13.1 Å². The molecule has 3 heterocycles. The van der Waals surface area contributed by atoms with Gasteiger partial charge in [-0.3, -0.25) is 14.4 Å². The minimum atomic E-state index is -0.431. The Labute approximate surface area is 136 Å². The summed E-state index contributed by atoms with van der Waals surface area (Å²) in [6, 6.07) is -0.828. The second kappa shape index (κ2) is 6.86. The zero-order valence-corrected chi connectivity index (χ0v) is 13.7. The summed E-state index contributed by atoms with van der Waals surface area (Å²) in [4.78, 5) is 38.6. The first-order valence-corrected chi connectivity index (χ1v) is 8.84. The number of carbonyl (C=O) groups is 3. The van der Waals surface area contributed by atoms with Crippen molar-refractivity contribution in [3.05, 3.63) is 0 Å². The molecule has 0 spiro atoms. The molecule has 23 heavy (non-hydrogen) atoms. The van der Waals surface area contributed by atoms with E-state index in [2.05, 4.69) is 16.0 Å². The smallest absolute Gasteiger partial charge is 0.278 e. The zero-order chi connectivity index (χ0) is 16.4. The molecule has 0 unspecified atom stereocenters. The highest BCUT2D eigenvalue weighted by atomic mass is 16.2. The van der Waals surface area contributed by atoms with E-state index in [1.807, 2.05) is 6.92 Å². The SMILES string of the molecule is CC[C@@H]1NC(=O)[C@@H]2C[C@@H](NC(=O)[C@H]3CCCC[NH2+]3)CCN2C1=O. The Morgan fingerprint density at radius 3 is 2.87 bits per heavy atom. The molecule has 128 valence electrons. The maximum atomic E-state index is 12.3. The Morgan fingerprint density at radius 1 is 1.35 bits per heavy atom. The van der Waals surface area contributed by atoms with Gasteiger partial charge in [0.05, 0.1) is 6.54 Å². The van der Waals surface area contributed by atoms with Crippen LogP contribution in [-0.2, 0) is 14.4 Å². The van der Waals surface area contributed by atoms with Crippen LogP contribution in [-0.4, -0.2) is 59.9 Å². The van der Waals surface area contributed by atoms with E-state index in [1.165, 1.54) is 6.42 Å². The lowest BCUT2D eigenvalue weighted by molar-refractivity contribution is -0.684. The molecule has 3 amide bonds. The monoisotopic (exact) mass is 323 g/mol. The molecule has 7 heteroatoms. The lowest BCUT2D eigenvalue weighted by Gasteiger charge is -2.44. The highest BCUT2D eigenvalue weighted by Crippen LogP contribution is 2.23. The Kier molecular flexibility index (Phi) is 4.84. The molecule has 0 bridgehead atoms. The number of hydrogen-bond donors (Lipinski definition) is 3. The summed E-state index contributed by atoms with van der Waals surface area (Å²) in [5.41, 5.74) is 0. The van der Waals surface area contributed by atoms with E-state index in [4.69, 9.17) is 0 Å². The average Bonchev–Trinajstić information content (AvgIpc) is 2.58. The van der Waals surface area contributed by atoms with Crippen molar-refractivity contribution in [3.63, 3.8) is 0 Å². The molecule has 3 saturated heterocycles. The van der Waals surface area contributed by atoms with E-state index >= 15 is 0 Å². The van der Waals surface area contributed by atoms with Crippen molar-refractivity contribution in [2.45, 2.75) is 69.6 Å². The lowest BCUT2D eigenvalue weighted by atomic mass is 9.92. The molecule has 3 rings (SSSR count). The van der Waals surface area contributed by atoms with Crippen LogP contribution in [0.4, 0.5) is 0 Å². The molecule has 0 aromatic heterocycles. The summed E-state index contributed by atoms with van der Waals surface area (Å²) in [6.07, 6.45) is 5.06. The number of amides is 3. The molecule has 3 aliphatic rings. The Bertz CT molecular complexity index is 490. The molecule has 7 nitrogen and oxygen atoms in total. The van der Waals surface area contributed by atoms with Gasteiger partial charge in [-0.2, -0.15) is 0 Å². The van der Waals surface area contributed by atoms with Gasteiger partial charge in [-0.15, -0.1) is 0 Å². The molecule has 4 N–H and O–H groups in total. The van der Waals surface area contributed by atoms with E-state index in [0.29, 0.717) is 19.4 Å². The van der Waals surface area contributed by atoms with Crippen LogP contribution in [0.25, 0.3) is 0 Å². The molecule has 0 radical (unpaired) electrons. The van der Waals surface area contributed by atoms with Crippen molar-refractivity contribution in [1.82, 2.24) is 15.5 Å². The van der Waals surface area contributed by atoms with Crippen LogP contribution in [0.5, 0.6) is 0 Å². The fraction of sp³-hybridized carbons (Fsp3) is 0.812. The lowest BCUT2D eigenvalue weighted by Crippen LogP contribution is -2.94. The van der Waals surface area contributed by atoms with Crippen LogP contribution >= 0.6 is 0 Å². The first-order chi connectivity index (χ1) is 11.1. The van der Waals surface area contributed by atoms with Crippen molar-refractivity contribution in [3.8, 4) is 0 Å². The average molecular weight is 323 g/mol. The predicted molar refractivity (Wildman–Crippen MR) is 83.3 cm³/mol. The molecule has 0 aliphatic carbocycles. The topological polar surface area (TPSA) is 95.1 Å². The van der Waals surface area contributed by atoms with Gasteiger partial charge in [-0.1, -0.05) is 6.92 Å². The zero-order valence-electron chi connectivity index (χ0n) is 13.7. The second-order valence-electron chi connectivity index (χ2n) is 6.87. The van der Waals surface area contributed by atoms with Crippen LogP contribution in [0, 0.1) is 0 Å². The number of quaternary nitrogens is 1. The summed E-state index contributed by atoms with van der Waals surface area (Å²) in [7, 11) is 0. The number of piperidine rings is 2. The fourth-order valence-corrected chi connectivity index (χ4v) is 3.91. The minimum Gasteiger partial charge on any atom is -0.348 e. The summed E-state index contributed by atoms with van der Waals surface area (Å²) in [5.74, 6) is 0.0132. The maximum absolute atomic E-state index is 12.3. The van der Waals surface area contributed by atoms with E-state index in [0.717, 1.165) is 25.8 Å². The van der Waals surface area contributed by atoms with Crippen LogP contribution < -0.4 is 16.0 Å². The number of nitrogens with one attached hydrogen (secondary N) is 2. The number of hydrogen-bond acceptors (Lipinski definition) is 3. The minimum absolute atomic E-state index is 0.00747. The number of carbonyl (C=O) groups excluding carboxylic acids is 3. The number of fused-ring (bicyclic) bond motifs is 1. The highest BCUT2D eigenvalue weighted by Gasteiger charge is 2.43. The normalized spacial score (nSPS) is 34.6. The largest absolute Gasteiger partial charge is 0.348 e. The van der Waals surface area contributed by atoms with Gasteiger partial charge >= 0.3 is 0 Å². The van der Waals surface area contributed by atoms with Crippen molar-refractivity contribution >= 4 is 17.7 Å². The first-order valence-electron chi connectivity index (χ1n) is 8.84. The maximum Gasteiger partial charge on any atom is 0.278 e. The Hall–Kier alpha value is -1.63. The van der Waals surface area contributed by atoms with Gasteiger partial charge in [0.15, 0.2) is 6.04 Å². The van der Waals surface area contributed by atoms with Gasteiger partial charge in [0, 0.05) is 19.0 Å². The molecule has 3 aliphatic heterocycles. The third kappa shape index (κ3) is 3.34. The van der Waals surface area contributed by atoms with Gasteiger partial charge in [-0.05, 0) is 32.1 Å². The fourth-order valence-electron chi connectivity index (χ4n) is 3.91. The number of rotatable bonds is 3. The van der Waals surface area contributed by atoms with Crippen LogP contribution in [0.2, 0.25) is 0 Å². The van der Waals surface area contributed by atoms with Gasteiger partial charge in [-0.25, -0.2) is 0 Å². The molecule has 4 atom stereocenters. The van der Waals surface area contributed by atoms with Crippen molar-refractivity contribution < 1.29 is 19.7 Å². The van der Waals surface area contributed by atoms with Gasteiger partial charge in [0.2, 0.25) is 11.8 Å². The number of nitrogens with zero attached hydrogens (tertiary/aromatic N) is 1. The quantitative estimate of drug-likeness (QED) is 0.589. The molecular formula is C16H27N4O3+. The summed E-state index contributed by atoms with van der Waals surface area (Å²) in [5, 5.41) is 8.01. The molecular weight excluding hydrogens is 296 g/mol. The third-order valence-electron chi connectivity index (χ3n) is 5.31. The summed E-state index contributed by atoms with van der Waals surface area (Å²) in [6.45, 7) is 3.46. The summed E-state index contributed by atoms with van der Waals surface area (Å²) >= 11 is 0. The Balaban J connectivity index is 1.58. The third-order valence-corrected chi connectivity index (χ3v) is 5.31. The second-order valence-corrected chi connectivity index (χ2v) is 6.87. The predicted octanol–water partition coefficient (Wildman–Crippen LogP) is -1.51. The van der Waals surface area contributed by atoms with Gasteiger partial charge in [0.25, 0.3) is 5.91 Å². The molecule has 0 aromatic carbocycles. The van der Waals surface area contributed by atoms with E-state index < -0.39 is 6.04 Å². The van der Waals surface area contributed by atoms with Gasteiger partial charge < -0.3 is 20.9 Å². The molecule has 0 saturated carbocycles. The van der Waals surface area contributed by atoms with Crippen LogP contribution in [0.1, 0.15) is 45.4 Å². The van der Waals surface area contributed by atoms with Crippen LogP contribution in [0.3, 0.4) is 0 Å². The van der Waals surface area contributed by atoms with Gasteiger partial charge in [0.1, 0.15) is 12.1 Å². The number of nitrogens with two attached hydrogens (primary N) is 1. The number of piperazine rings is 1. The molecule has 3 fully saturated rings. The summed E-state index contributed by atoms with van der Waals surface area (Å²) < 4.78 is 0. The van der Waals surface area contributed by atoms with E-state index in [1.54, 1.807) is 4.90 Å². The van der Waals surface area contributed by atoms with Crippen molar-refractivity contribution in [2.24, 2.45) is 0 Å². The Morgan fingerprint density at radius 2 is 2.17 bits per heavy atom. The standard InChI is InChI=1S/C16H26N4O3/c1-2-11-16(23)20-8-6-10(9-13(20)15(22)19-11)18-14(21)12-5-3-4-7-17-12/h10-13,17H,2-9H2,1H3,(H,18,21)(H,19,22)/p+1/t10-,11-,12+,13-/m0/s1. The van der Waals surface area contributed by atoms with Crippen molar-refractivity contribution in [1.29, 1.82) is 0 Å². The first kappa shape index (κ1) is 16.2. The van der Waals surface area contributed by atoms with Crippen LogP contribution in [0.15, 0.2) is 0 Å².